The molecule has 2 aromatic rings. The molecule has 2 N–H and O–H groups in total. The van der Waals surface area contributed by atoms with Gasteiger partial charge in [-0.2, -0.15) is 0 Å². The maximum atomic E-state index is 13.5. The second kappa shape index (κ2) is 6.32. The van der Waals surface area contributed by atoms with E-state index in [1.807, 2.05) is 0 Å². The Morgan fingerprint density at radius 2 is 1.91 bits per heavy atom. The number of amides is 1. The van der Waals surface area contributed by atoms with E-state index in [2.05, 4.69) is 14.9 Å². The fourth-order valence-electron chi connectivity index (χ4n) is 2.75. The summed E-state index contributed by atoms with van der Waals surface area (Å²) in [5, 5.41) is 0. The highest BCUT2D eigenvalue weighted by Gasteiger charge is 2.17. The van der Waals surface area contributed by atoms with Crippen molar-refractivity contribution in [2.45, 2.75) is 26.2 Å². The van der Waals surface area contributed by atoms with Crippen LogP contribution in [0.3, 0.4) is 0 Å². The molecule has 1 aromatic carbocycles. The Hall–Kier alpha value is -2.50. The highest BCUT2D eigenvalue weighted by Crippen LogP contribution is 2.24. The molecule has 3 rings (SSSR count). The summed E-state index contributed by atoms with van der Waals surface area (Å²) in [5.41, 5.74) is 7.44. The summed E-state index contributed by atoms with van der Waals surface area (Å²) in [6.45, 7) is 3.43. The first kappa shape index (κ1) is 15.4. The van der Waals surface area contributed by atoms with Gasteiger partial charge in [0, 0.05) is 18.7 Å². The molecule has 23 heavy (non-hydrogen) atoms. The van der Waals surface area contributed by atoms with Gasteiger partial charge in [0.1, 0.15) is 11.5 Å². The van der Waals surface area contributed by atoms with Gasteiger partial charge in [0.05, 0.1) is 5.69 Å². The molecule has 6 heteroatoms. The number of primary amides is 1. The average molecular weight is 314 g/mol. The molecule has 0 radical (unpaired) electrons. The lowest BCUT2D eigenvalue weighted by Gasteiger charge is -2.27. The Bertz CT molecular complexity index is 741. The smallest absolute Gasteiger partial charge is 0.267 e. The largest absolute Gasteiger partial charge is 0.364 e. The summed E-state index contributed by atoms with van der Waals surface area (Å²) in [6, 6.07) is 6.32. The van der Waals surface area contributed by atoms with Crippen LogP contribution >= 0.6 is 0 Å². The van der Waals surface area contributed by atoms with Crippen molar-refractivity contribution in [1.82, 2.24) is 9.97 Å². The van der Waals surface area contributed by atoms with Gasteiger partial charge in [-0.25, -0.2) is 14.4 Å². The third-order valence-corrected chi connectivity index (χ3v) is 4.06. The molecule has 0 saturated carbocycles. The number of nitrogens with zero attached hydrogens (tertiary/aromatic N) is 3. The third kappa shape index (κ3) is 3.31. The maximum absolute atomic E-state index is 13.5. The van der Waals surface area contributed by atoms with Gasteiger partial charge in [-0.05, 0) is 56.0 Å². The number of nitrogens with two attached hydrogens (primary N) is 1. The van der Waals surface area contributed by atoms with Gasteiger partial charge in [-0.1, -0.05) is 0 Å². The van der Waals surface area contributed by atoms with Crippen LogP contribution in [0.5, 0.6) is 0 Å². The Labute approximate surface area is 134 Å². The van der Waals surface area contributed by atoms with Crippen LogP contribution in [0.15, 0.2) is 24.3 Å². The van der Waals surface area contributed by atoms with Gasteiger partial charge in [0.15, 0.2) is 0 Å². The van der Waals surface area contributed by atoms with Gasteiger partial charge >= 0.3 is 0 Å². The highest BCUT2D eigenvalue weighted by atomic mass is 19.1. The van der Waals surface area contributed by atoms with Crippen LogP contribution in [-0.4, -0.2) is 29.0 Å². The number of hydrogen-bond acceptors (Lipinski definition) is 4. The van der Waals surface area contributed by atoms with Crippen LogP contribution in [0.25, 0.3) is 11.3 Å². The highest BCUT2D eigenvalue weighted by molar-refractivity contribution is 5.92. The van der Waals surface area contributed by atoms with Crippen LogP contribution in [0.1, 0.15) is 35.3 Å². The molecular weight excluding hydrogens is 295 g/mol. The van der Waals surface area contributed by atoms with Crippen LogP contribution < -0.4 is 10.6 Å². The zero-order chi connectivity index (χ0) is 16.4. The van der Waals surface area contributed by atoms with Crippen molar-refractivity contribution in [3.8, 4) is 11.3 Å². The molecule has 0 spiro atoms. The summed E-state index contributed by atoms with van der Waals surface area (Å²) >= 11 is 0. The Kier molecular flexibility index (Phi) is 4.23. The Balaban J connectivity index is 2.06. The molecule has 1 aromatic heterocycles. The Morgan fingerprint density at radius 1 is 1.17 bits per heavy atom. The summed E-state index contributed by atoms with van der Waals surface area (Å²) in [4.78, 5) is 22.5. The van der Waals surface area contributed by atoms with Crippen molar-refractivity contribution in [3.63, 3.8) is 0 Å². The van der Waals surface area contributed by atoms with Gasteiger partial charge in [-0.3, -0.25) is 4.79 Å². The van der Waals surface area contributed by atoms with Crippen molar-refractivity contribution in [3.05, 3.63) is 41.3 Å². The molecule has 1 aliphatic rings. The van der Waals surface area contributed by atoms with Crippen molar-refractivity contribution in [2.24, 2.45) is 5.73 Å². The minimum atomic E-state index is -0.592. The first-order valence-electron chi connectivity index (χ1n) is 7.75. The zero-order valence-corrected chi connectivity index (χ0v) is 13.1. The van der Waals surface area contributed by atoms with Crippen molar-refractivity contribution in [2.75, 3.05) is 18.0 Å². The number of benzene rings is 1. The summed E-state index contributed by atoms with van der Waals surface area (Å²) in [7, 11) is 0. The predicted molar refractivity (Wildman–Crippen MR) is 86.7 cm³/mol. The minimum Gasteiger partial charge on any atom is -0.364 e. The number of anilines is 1. The van der Waals surface area contributed by atoms with Crippen LogP contribution in [-0.2, 0) is 0 Å². The fourth-order valence-corrected chi connectivity index (χ4v) is 2.75. The van der Waals surface area contributed by atoms with E-state index in [0.717, 1.165) is 31.5 Å². The number of rotatable bonds is 3. The molecule has 1 amide bonds. The molecular formula is C17H19FN4O. The van der Waals surface area contributed by atoms with Crippen molar-refractivity contribution < 1.29 is 9.18 Å². The molecule has 0 aliphatic carbocycles. The Morgan fingerprint density at radius 3 is 2.57 bits per heavy atom. The maximum Gasteiger partial charge on any atom is 0.267 e. The lowest BCUT2D eigenvalue weighted by Crippen LogP contribution is -2.31. The molecule has 2 heterocycles. The van der Waals surface area contributed by atoms with Crippen molar-refractivity contribution >= 4 is 11.9 Å². The molecule has 0 atom stereocenters. The molecule has 1 aliphatic heterocycles. The summed E-state index contributed by atoms with van der Waals surface area (Å²) < 4.78 is 13.5. The SMILES string of the molecule is Cc1cc(-c2cc(C(N)=O)nc(N3CCCCC3)n2)ccc1F. The van der Waals surface area contributed by atoms with Gasteiger partial charge < -0.3 is 10.6 Å². The van der Waals surface area contributed by atoms with Crippen LogP contribution in [0.2, 0.25) is 0 Å². The van der Waals surface area contributed by atoms with Crippen molar-refractivity contribution in [1.29, 1.82) is 0 Å². The number of aromatic nitrogens is 2. The second-order valence-electron chi connectivity index (χ2n) is 5.81. The zero-order valence-electron chi connectivity index (χ0n) is 13.1. The minimum absolute atomic E-state index is 0.178. The number of piperidine rings is 1. The number of carbonyl (C=O) groups is 1. The fraction of sp³-hybridized carbons (Fsp3) is 0.353. The molecule has 0 bridgehead atoms. The molecule has 5 nitrogen and oxygen atoms in total. The molecule has 120 valence electrons. The average Bonchev–Trinajstić information content (AvgIpc) is 2.57. The number of aryl methyl sites for hydroxylation is 1. The van der Waals surface area contributed by atoms with E-state index >= 15 is 0 Å². The number of carbonyl (C=O) groups excluding carboxylic acids is 1. The molecule has 0 unspecified atom stereocenters. The summed E-state index contributed by atoms with van der Waals surface area (Å²) in [5.74, 6) is -0.349. The third-order valence-electron chi connectivity index (χ3n) is 4.06. The molecule has 1 fully saturated rings. The van der Waals surface area contributed by atoms with E-state index in [-0.39, 0.29) is 11.5 Å². The lowest BCUT2D eigenvalue weighted by atomic mass is 10.1. The lowest BCUT2D eigenvalue weighted by molar-refractivity contribution is 0.0995. The standard InChI is InChI=1S/C17H19FN4O/c1-11-9-12(5-6-13(11)18)14-10-15(16(19)23)21-17(20-14)22-7-3-2-4-8-22/h5-6,9-10H,2-4,7-8H2,1H3,(H2,19,23). The number of hydrogen-bond donors (Lipinski definition) is 1. The first-order valence-corrected chi connectivity index (χ1v) is 7.75. The number of halogens is 1. The quantitative estimate of drug-likeness (QED) is 0.945. The van der Waals surface area contributed by atoms with E-state index in [1.54, 1.807) is 25.1 Å². The van der Waals surface area contributed by atoms with Crippen LogP contribution in [0, 0.1) is 12.7 Å². The van der Waals surface area contributed by atoms with E-state index in [9.17, 15) is 9.18 Å². The van der Waals surface area contributed by atoms with E-state index in [0.29, 0.717) is 17.2 Å². The first-order chi connectivity index (χ1) is 11.0. The topological polar surface area (TPSA) is 72.1 Å². The van der Waals surface area contributed by atoms with Gasteiger partial charge in [0.2, 0.25) is 5.95 Å². The van der Waals surface area contributed by atoms with Gasteiger partial charge in [0.25, 0.3) is 5.91 Å². The monoisotopic (exact) mass is 314 g/mol. The van der Waals surface area contributed by atoms with E-state index in [4.69, 9.17) is 5.73 Å². The second-order valence-corrected chi connectivity index (χ2v) is 5.81. The van der Waals surface area contributed by atoms with Gasteiger partial charge in [-0.15, -0.1) is 0 Å². The van der Waals surface area contributed by atoms with Crippen LogP contribution in [0.4, 0.5) is 10.3 Å². The predicted octanol–water partition coefficient (Wildman–Crippen LogP) is 2.68. The van der Waals surface area contributed by atoms with E-state index in [1.165, 1.54) is 12.5 Å². The summed E-state index contributed by atoms with van der Waals surface area (Å²) in [6.07, 6.45) is 3.35. The van der Waals surface area contributed by atoms with E-state index < -0.39 is 5.91 Å². The molecule has 1 saturated heterocycles. The normalized spacial score (nSPS) is 14.8.